The van der Waals surface area contributed by atoms with Crippen LogP contribution in [0.1, 0.15) is 43.4 Å². The Morgan fingerprint density at radius 1 is 1.29 bits per heavy atom. The number of rotatable bonds is 3. The van der Waals surface area contributed by atoms with Gasteiger partial charge in [0, 0.05) is 0 Å². The Morgan fingerprint density at radius 3 is 2.19 bits per heavy atom. The number of alkyl halides is 3. The molecule has 1 amide bonds. The van der Waals surface area contributed by atoms with E-state index in [0.717, 1.165) is 18.6 Å². The van der Waals surface area contributed by atoms with Gasteiger partial charge in [-0.2, -0.15) is 13.2 Å². The summed E-state index contributed by atoms with van der Waals surface area (Å²) in [6, 6.07) is 4.40. The van der Waals surface area contributed by atoms with Crippen molar-refractivity contribution in [2.75, 3.05) is 0 Å². The SMILES string of the molecule is CC(NC(=O)C1(N)CCC1)c1ccc(C(F)(F)F)cc1.Cl. The molecule has 2 rings (SSSR count). The van der Waals surface area contributed by atoms with Crippen LogP contribution < -0.4 is 11.1 Å². The summed E-state index contributed by atoms with van der Waals surface area (Å²) in [5, 5.41) is 2.75. The van der Waals surface area contributed by atoms with Crippen molar-refractivity contribution in [1.29, 1.82) is 0 Å². The lowest BCUT2D eigenvalue weighted by atomic mass is 9.77. The van der Waals surface area contributed by atoms with E-state index in [4.69, 9.17) is 5.73 Å². The molecule has 1 aromatic rings. The summed E-state index contributed by atoms with van der Waals surface area (Å²) >= 11 is 0. The first kappa shape index (κ1) is 17.8. The second kappa shape index (κ2) is 6.23. The maximum atomic E-state index is 12.5. The van der Waals surface area contributed by atoms with E-state index in [0.29, 0.717) is 18.4 Å². The molecule has 1 aromatic carbocycles. The fourth-order valence-electron chi connectivity index (χ4n) is 2.17. The summed E-state index contributed by atoms with van der Waals surface area (Å²) in [6.45, 7) is 1.72. The molecule has 0 aliphatic heterocycles. The molecular formula is C14H18ClF3N2O. The number of amides is 1. The van der Waals surface area contributed by atoms with Crippen molar-refractivity contribution < 1.29 is 18.0 Å². The van der Waals surface area contributed by atoms with Gasteiger partial charge < -0.3 is 11.1 Å². The highest BCUT2D eigenvalue weighted by Gasteiger charge is 2.40. The normalized spacial score (nSPS) is 18.1. The van der Waals surface area contributed by atoms with E-state index in [1.54, 1.807) is 6.92 Å². The van der Waals surface area contributed by atoms with E-state index in [-0.39, 0.29) is 24.4 Å². The monoisotopic (exact) mass is 322 g/mol. The van der Waals surface area contributed by atoms with Gasteiger partial charge in [-0.3, -0.25) is 4.79 Å². The summed E-state index contributed by atoms with van der Waals surface area (Å²) in [5.41, 5.74) is 5.01. The number of carbonyl (C=O) groups excluding carboxylic acids is 1. The molecule has 0 saturated heterocycles. The third kappa shape index (κ3) is 3.89. The lowest BCUT2D eigenvalue weighted by Crippen LogP contribution is -2.58. The highest BCUT2D eigenvalue weighted by molar-refractivity contribution is 5.87. The minimum absolute atomic E-state index is 0. The first-order chi connectivity index (χ1) is 9.22. The van der Waals surface area contributed by atoms with Crippen LogP contribution in [-0.4, -0.2) is 11.4 Å². The van der Waals surface area contributed by atoms with Gasteiger partial charge in [0.15, 0.2) is 0 Å². The standard InChI is InChI=1S/C14H17F3N2O.ClH/c1-9(19-12(20)13(18)7-2-8-13)10-3-5-11(6-4-10)14(15,16)17;/h3-6,9H,2,7-8,18H2,1H3,(H,19,20);1H. The fraction of sp³-hybridized carbons (Fsp3) is 0.500. The number of halogens is 4. The van der Waals surface area contributed by atoms with Gasteiger partial charge in [0.25, 0.3) is 0 Å². The summed E-state index contributed by atoms with van der Waals surface area (Å²) in [6.07, 6.45) is -2.12. The molecule has 3 N–H and O–H groups in total. The van der Waals surface area contributed by atoms with Gasteiger partial charge in [0.05, 0.1) is 17.1 Å². The van der Waals surface area contributed by atoms with Crippen LogP contribution in [-0.2, 0) is 11.0 Å². The number of nitrogens with one attached hydrogen (secondary N) is 1. The zero-order chi connectivity index (χ0) is 15.0. The van der Waals surface area contributed by atoms with Crippen molar-refractivity contribution in [3.63, 3.8) is 0 Å². The second-order valence-electron chi connectivity index (χ2n) is 5.32. The molecule has 7 heteroatoms. The maximum Gasteiger partial charge on any atom is 0.416 e. The summed E-state index contributed by atoms with van der Waals surface area (Å²) in [7, 11) is 0. The first-order valence-electron chi connectivity index (χ1n) is 6.49. The highest BCUT2D eigenvalue weighted by atomic mass is 35.5. The zero-order valence-corrected chi connectivity index (χ0v) is 12.4. The van der Waals surface area contributed by atoms with Crippen molar-refractivity contribution in [2.24, 2.45) is 5.73 Å². The summed E-state index contributed by atoms with van der Waals surface area (Å²) in [5.74, 6) is -0.240. The van der Waals surface area contributed by atoms with Crippen LogP contribution in [0.3, 0.4) is 0 Å². The predicted molar refractivity (Wildman–Crippen MR) is 76.0 cm³/mol. The van der Waals surface area contributed by atoms with E-state index in [1.807, 2.05) is 0 Å². The Kier molecular flexibility index (Phi) is 5.28. The van der Waals surface area contributed by atoms with E-state index < -0.39 is 17.3 Å². The Bertz CT molecular complexity index is 498. The van der Waals surface area contributed by atoms with Crippen LogP contribution in [0.5, 0.6) is 0 Å². The minimum atomic E-state index is -4.35. The van der Waals surface area contributed by atoms with Crippen LogP contribution in [0.4, 0.5) is 13.2 Å². The zero-order valence-electron chi connectivity index (χ0n) is 11.5. The Labute approximate surface area is 127 Å². The number of hydrogen-bond acceptors (Lipinski definition) is 2. The molecule has 0 spiro atoms. The Hall–Kier alpha value is -1.27. The van der Waals surface area contributed by atoms with Crippen LogP contribution >= 0.6 is 12.4 Å². The maximum absolute atomic E-state index is 12.5. The Morgan fingerprint density at radius 2 is 1.81 bits per heavy atom. The molecular weight excluding hydrogens is 305 g/mol. The molecule has 0 radical (unpaired) electrons. The topological polar surface area (TPSA) is 55.1 Å². The molecule has 1 aliphatic carbocycles. The first-order valence-corrected chi connectivity index (χ1v) is 6.49. The average molecular weight is 323 g/mol. The molecule has 118 valence electrons. The molecule has 1 unspecified atom stereocenters. The molecule has 0 heterocycles. The van der Waals surface area contributed by atoms with Crippen LogP contribution in [0.15, 0.2) is 24.3 Å². The van der Waals surface area contributed by atoms with E-state index in [9.17, 15) is 18.0 Å². The van der Waals surface area contributed by atoms with Gasteiger partial charge in [-0.25, -0.2) is 0 Å². The smallest absolute Gasteiger partial charge is 0.348 e. The molecule has 1 atom stereocenters. The number of benzene rings is 1. The molecule has 3 nitrogen and oxygen atoms in total. The third-order valence-corrected chi connectivity index (χ3v) is 3.78. The predicted octanol–water partition coefficient (Wildman–Crippen LogP) is 3.19. The molecule has 1 saturated carbocycles. The molecule has 1 fully saturated rings. The van der Waals surface area contributed by atoms with Gasteiger partial charge in [-0.1, -0.05) is 12.1 Å². The molecule has 0 bridgehead atoms. The molecule has 0 aromatic heterocycles. The van der Waals surface area contributed by atoms with Gasteiger partial charge >= 0.3 is 6.18 Å². The quantitative estimate of drug-likeness (QED) is 0.898. The van der Waals surface area contributed by atoms with E-state index in [1.165, 1.54) is 12.1 Å². The van der Waals surface area contributed by atoms with E-state index in [2.05, 4.69) is 5.32 Å². The highest BCUT2D eigenvalue weighted by Crippen LogP contribution is 2.31. The van der Waals surface area contributed by atoms with Gasteiger partial charge in [0.1, 0.15) is 0 Å². The van der Waals surface area contributed by atoms with Crippen molar-refractivity contribution in [3.05, 3.63) is 35.4 Å². The largest absolute Gasteiger partial charge is 0.416 e. The van der Waals surface area contributed by atoms with Crippen molar-refractivity contribution in [3.8, 4) is 0 Å². The fourth-order valence-corrected chi connectivity index (χ4v) is 2.17. The van der Waals surface area contributed by atoms with Gasteiger partial charge in [-0.15, -0.1) is 12.4 Å². The van der Waals surface area contributed by atoms with Gasteiger partial charge in [-0.05, 0) is 43.9 Å². The van der Waals surface area contributed by atoms with Gasteiger partial charge in [0.2, 0.25) is 5.91 Å². The number of nitrogens with two attached hydrogens (primary N) is 1. The second-order valence-corrected chi connectivity index (χ2v) is 5.32. The van der Waals surface area contributed by atoms with Crippen molar-refractivity contribution in [1.82, 2.24) is 5.32 Å². The van der Waals surface area contributed by atoms with Crippen LogP contribution in [0.2, 0.25) is 0 Å². The lowest BCUT2D eigenvalue weighted by molar-refractivity contribution is -0.137. The minimum Gasteiger partial charge on any atom is -0.348 e. The Balaban J connectivity index is 0.00000220. The summed E-state index contributed by atoms with van der Waals surface area (Å²) < 4.78 is 37.4. The molecule has 1 aliphatic rings. The average Bonchev–Trinajstić information content (AvgIpc) is 2.34. The third-order valence-electron chi connectivity index (χ3n) is 3.78. The van der Waals surface area contributed by atoms with Crippen molar-refractivity contribution in [2.45, 2.75) is 43.9 Å². The van der Waals surface area contributed by atoms with Crippen LogP contribution in [0.25, 0.3) is 0 Å². The van der Waals surface area contributed by atoms with E-state index >= 15 is 0 Å². The summed E-state index contributed by atoms with van der Waals surface area (Å²) in [4.78, 5) is 11.9. The van der Waals surface area contributed by atoms with Crippen molar-refractivity contribution >= 4 is 18.3 Å². The lowest BCUT2D eigenvalue weighted by Gasteiger charge is -2.37. The molecule has 21 heavy (non-hydrogen) atoms. The number of carbonyl (C=O) groups is 1. The van der Waals surface area contributed by atoms with Crippen LogP contribution in [0, 0.1) is 0 Å². The number of hydrogen-bond donors (Lipinski definition) is 2.